The Morgan fingerprint density at radius 3 is 2.36 bits per heavy atom. The topological polar surface area (TPSA) is 143 Å². The largest absolute Gasteiger partial charge is 0.497 e. The summed E-state index contributed by atoms with van der Waals surface area (Å²) >= 11 is 0. The third kappa shape index (κ3) is 7.45. The Hall–Kier alpha value is -3.71. The third-order valence-corrected chi connectivity index (χ3v) is 8.28. The quantitative estimate of drug-likeness (QED) is 0.397. The van der Waals surface area contributed by atoms with E-state index in [1.54, 1.807) is 13.8 Å². The highest BCUT2D eigenvalue weighted by Crippen LogP contribution is 2.27. The summed E-state index contributed by atoms with van der Waals surface area (Å²) in [5, 5.41) is 7.87. The molecule has 0 aromatic heterocycles. The number of methoxy groups -OCH3 is 2. The highest BCUT2D eigenvalue weighted by atomic mass is 32.2. The SMILES string of the molecule is COC(=O)C(NC(=O)C1CC(NC(=O)Nc2cccc(F)c2)CCN1S(=O)(=O)c1ccc(OC)cc1)C(C)C. The summed E-state index contributed by atoms with van der Waals surface area (Å²) < 4.78 is 51.6. The number of anilines is 1. The summed E-state index contributed by atoms with van der Waals surface area (Å²) in [6, 6.07) is 7.64. The van der Waals surface area contributed by atoms with Crippen LogP contribution in [0.1, 0.15) is 26.7 Å². The Balaban J connectivity index is 1.85. The number of carbonyl (C=O) groups excluding carboxylic acids is 3. The van der Waals surface area contributed by atoms with Gasteiger partial charge < -0.3 is 25.4 Å². The third-order valence-electron chi connectivity index (χ3n) is 6.36. The molecule has 2 aromatic carbocycles. The van der Waals surface area contributed by atoms with Crippen molar-refractivity contribution in [3.05, 3.63) is 54.3 Å². The van der Waals surface area contributed by atoms with Gasteiger partial charge in [-0.2, -0.15) is 4.31 Å². The average molecular weight is 565 g/mol. The number of amides is 3. The second-order valence-corrected chi connectivity index (χ2v) is 11.3. The van der Waals surface area contributed by atoms with Crippen LogP contribution in [0.3, 0.4) is 0 Å². The minimum atomic E-state index is -4.14. The van der Waals surface area contributed by atoms with Crippen molar-refractivity contribution in [2.24, 2.45) is 5.92 Å². The van der Waals surface area contributed by atoms with Crippen molar-refractivity contribution >= 4 is 33.6 Å². The number of nitrogens with zero attached hydrogens (tertiary/aromatic N) is 1. The van der Waals surface area contributed by atoms with Crippen LogP contribution in [-0.4, -0.2) is 69.5 Å². The molecule has 1 saturated heterocycles. The van der Waals surface area contributed by atoms with Crippen LogP contribution >= 0.6 is 0 Å². The molecule has 0 saturated carbocycles. The Bertz CT molecular complexity index is 1290. The first-order valence-electron chi connectivity index (χ1n) is 12.3. The van der Waals surface area contributed by atoms with E-state index in [2.05, 4.69) is 16.0 Å². The molecule has 1 heterocycles. The molecule has 1 fully saturated rings. The van der Waals surface area contributed by atoms with Gasteiger partial charge in [-0.1, -0.05) is 19.9 Å². The Morgan fingerprint density at radius 1 is 1.08 bits per heavy atom. The summed E-state index contributed by atoms with van der Waals surface area (Å²) in [7, 11) is -1.48. The van der Waals surface area contributed by atoms with Crippen molar-refractivity contribution in [3.63, 3.8) is 0 Å². The van der Waals surface area contributed by atoms with Gasteiger partial charge in [0.2, 0.25) is 15.9 Å². The number of ether oxygens (including phenoxy) is 2. The van der Waals surface area contributed by atoms with Gasteiger partial charge in [0.25, 0.3) is 0 Å². The molecule has 3 rings (SSSR count). The maximum atomic E-state index is 13.6. The molecule has 0 aliphatic carbocycles. The molecule has 39 heavy (non-hydrogen) atoms. The fourth-order valence-electron chi connectivity index (χ4n) is 4.28. The van der Waals surface area contributed by atoms with Crippen molar-refractivity contribution in [1.82, 2.24) is 14.9 Å². The van der Waals surface area contributed by atoms with Gasteiger partial charge in [-0.05, 0) is 61.2 Å². The van der Waals surface area contributed by atoms with Crippen LogP contribution in [0.2, 0.25) is 0 Å². The van der Waals surface area contributed by atoms with Gasteiger partial charge >= 0.3 is 12.0 Å². The van der Waals surface area contributed by atoms with Gasteiger partial charge in [0.05, 0.1) is 19.1 Å². The summed E-state index contributed by atoms with van der Waals surface area (Å²) in [4.78, 5) is 38.3. The number of carbonyl (C=O) groups is 3. The van der Waals surface area contributed by atoms with Gasteiger partial charge in [0.1, 0.15) is 23.7 Å². The van der Waals surface area contributed by atoms with Crippen molar-refractivity contribution < 1.29 is 36.7 Å². The van der Waals surface area contributed by atoms with Crippen LogP contribution in [0.15, 0.2) is 53.4 Å². The van der Waals surface area contributed by atoms with E-state index in [9.17, 15) is 27.2 Å². The van der Waals surface area contributed by atoms with Gasteiger partial charge in [0.15, 0.2) is 0 Å². The van der Waals surface area contributed by atoms with E-state index in [0.717, 1.165) is 10.4 Å². The lowest BCUT2D eigenvalue weighted by molar-refractivity contribution is -0.147. The standard InChI is InChI=1S/C26H33FN4O7S/c1-16(2)23(25(33)38-4)30-24(32)22-15-19(29-26(34)28-18-7-5-6-17(27)14-18)12-13-31(22)39(35,36)21-10-8-20(37-3)9-11-21/h5-11,14,16,19,22-23H,12-13,15H2,1-4H3,(H,30,32)(H2,28,29,34). The lowest BCUT2D eigenvalue weighted by atomic mass is 9.97. The average Bonchev–Trinajstić information content (AvgIpc) is 2.90. The van der Waals surface area contributed by atoms with E-state index in [1.165, 1.54) is 56.7 Å². The minimum Gasteiger partial charge on any atom is -0.497 e. The van der Waals surface area contributed by atoms with E-state index >= 15 is 0 Å². The molecule has 1 aliphatic heterocycles. The van der Waals surface area contributed by atoms with E-state index in [1.807, 2.05) is 0 Å². The first-order valence-corrected chi connectivity index (χ1v) is 13.8. The van der Waals surface area contributed by atoms with E-state index in [0.29, 0.717) is 5.75 Å². The predicted octanol–water partition coefficient (Wildman–Crippen LogP) is 2.49. The molecule has 11 nitrogen and oxygen atoms in total. The van der Waals surface area contributed by atoms with Crippen molar-refractivity contribution in [2.75, 3.05) is 26.1 Å². The fraction of sp³-hybridized carbons (Fsp3) is 0.423. The van der Waals surface area contributed by atoms with Crippen molar-refractivity contribution in [2.45, 2.75) is 49.7 Å². The predicted molar refractivity (Wildman–Crippen MR) is 141 cm³/mol. The van der Waals surface area contributed by atoms with Crippen LogP contribution in [-0.2, 0) is 24.3 Å². The summed E-state index contributed by atoms with van der Waals surface area (Å²) in [5.41, 5.74) is 0.235. The number of nitrogens with one attached hydrogen (secondary N) is 3. The van der Waals surface area contributed by atoms with Gasteiger partial charge in [0, 0.05) is 18.3 Å². The van der Waals surface area contributed by atoms with Crippen molar-refractivity contribution in [1.29, 1.82) is 0 Å². The Labute approximate surface area is 227 Å². The zero-order valence-electron chi connectivity index (χ0n) is 22.1. The summed E-state index contributed by atoms with van der Waals surface area (Å²) in [6.07, 6.45) is 0.143. The van der Waals surface area contributed by atoms with Crippen LogP contribution in [0, 0.1) is 11.7 Å². The number of hydrogen-bond acceptors (Lipinski definition) is 7. The molecule has 3 amide bonds. The molecule has 3 N–H and O–H groups in total. The molecule has 0 radical (unpaired) electrons. The van der Waals surface area contributed by atoms with E-state index < -0.39 is 51.9 Å². The maximum absolute atomic E-state index is 13.6. The lowest BCUT2D eigenvalue weighted by Gasteiger charge is -2.38. The number of urea groups is 1. The first-order chi connectivity index (χ1) is 18.5. The zero-order chi connectivity index (χ0) is 28.7. The summed E-state index contributed by atoms with van der Waals surface area (Å²) in [5.74, 6) is -1.75. The van der Waals surface area contributed by atoms with Crippen LogP contribution < -0.4 is 20.7 Å². The molecular formula is C26H33FN4O7S. The normalized spacial score (nSPS) is 18.6. The molecule has 1 aliphatic rings. The number of benzene rings is 2. The van der Waals surface area contributed by atoms with Gasteiger partial charge in [-0.25, -0.2) is 22.4 Å². The number of piperidine rings is 1. The zero-order valence-corrected chi connectivity index (χ0v) is 23.0. The fourth-order valence-corrected chi connectivity index (χ4v) is 5.89. The lowest BCUT2D eigenvalue weighted by Crippen LogP contribution is -2.59. The van der Waals surface area contributed by atoms with Gasteiger partial charge in [-0.3, -0.25) is 4.79 Å². The van der Waals surface area contributed by atoms with E-state index in [4.69, 9.17) is 9.47 Å². The number of rotatable bonds is 9. The molecule has 13 heteroatoms. The highest BCUT2D eigenvalue weighted by molar-refractivity contribution is 7.89. The molecular weight excluding hydrogens is 531 g/mol. The number of halogens is 1. The van der Waals surface area contributed by atoms with Crippen LogP contribution in [0.4, 0.5) is 14.9 Å². The molecule has 212 valence electrons. The molecule has 3 unspecified atom stereocenters. The van der Waals surface area contributed by atoms with E-state index in [-0.39, 0.29) is 35.9 Å². The molecule has 2 aromatic rings. The van der Waals surface area contributed by atoms with Crippen LogP contribution in [0.25, 0.3) is 0 Å². The number of hydrogen-bond donors (Lipinski definition) is 3. The first kappa shape index (κ1) is 29.8. The molecule has 3 atom stereocenters. The number of esters is 1. The Morgan fingerprint density at radius 2 is 1.77 bits per heavy atom. The van der Waals surface area contributed by atoms with Crippen molar-refractivity contribution in [3.8, 4) is 5.75 Å². The molecule has 0 spiro atoms. The minimum absolute atomic E-state index is 0.0373. The van der Waals surface area contributed by atoms with Crippen LogP contribution in [0.5, 0.6) is 5.75 Å². The highest BCUT2D eigenvalue weighted by Gasteiger charge is 2.42. The smallest absolute Gasteiger partial charge is 0.328 e. The summed E-state index contributed by atoms with van der Waals surface area (Å²) in [6.45, 7) is 3.35. The second-order valence-electron chi connectivity index (χ2n) is 9.39. The second kappa shape index (κ2) is 12.9. The Kier molecular flexibility index (Phi) is 9.86. The monoisotopic (exact) mass is 564 g/mol. The number of sulfonamides is 1. The van der Waals surface area contributed by atoms with Gasteiger partial charge in [-0.15, -0.1) is 0 Å². The molecule has 0 bridgehead atoms. The maximum Gasteiger partial charge on any atom is 0.328 e.